The molecule has 3 aliphatic rings. The summed E-state index contributed by atoms with van der Waals surface area (Å²) in [5.41, 5.74) is 5.15. The van der Waals surface area contributed by atoms with E-state index >= 15 is 0 Å². The molecule has 0 saturated carbocycles. The number of urea groups is 1. The van der Waals surface area contributed by atoms with Gasteiger partial charge in [-0.25, -0.2) is 4.79 Å². The van der Waals surface area contributed by atoms with Crippen molar-refractivity contribution in [3.05, 3.63) is 53.6 Å². The molecule has 0 aromatic heterocycles. The minimum atomic E-state index is -0.0869. The second-order valence-electron chi connectivity index (χ2n) is 7.75. The molecule has 3 aliphatic heterocycles. The Kier molecular flexibility index (Phi) is 4.19. The summed E-state index contributed by atoms with van der Waals surface area (Å²) < 4.78 is 0. The Balaban J connectivity index is 1.45. The number of carbonyl (C=O) groups is 2. The molecule has 2 aromatic rings. The van der Waals surface area contributed by atoms with Crippen LogP contribution in [0.1, 0.15) is 36.3 Å². The van der Waals surface area contributed by atoms with Crippen LogP contribution in [0, 0.1) is 0 Å². The van der Waals surface area contributed by atoms with Crippen LogP contribution >= 0.6 is 0 Å². The normalized spacial score (nSPS) is 21.5. The van der Waals surface area contributed by atoms with Crippen molar-refractivity contribution in [1.29, 1.82) is 0 Å². The molecule has 6 nitrogen and oxygen atoms in total. The van der Waals surface area contributed by atoms with E-state index in [9.17, 15) is 9.59 Å². The zero-order valence-corrected chi connectivity index (χ0v) is 15.8. The molecule has 1 unspecified atom stereocenters. The maximum absolute atomic E-state index is 12.4. The number of hydrogen-bond acceptors (Lipinski definition) is 3. The number of nitrogens with one attached hydrogen (secondary N) is 2. The van der Waals surface area contributed by atoms with Crippen LogP contribution in [0.2, 0.25) is 0 Å². The first-order valence-electron chi connectivity index (χ1n) is 10.0. The first kappa shape index (κ1) is 17.1. The molecule has 5 rings (SSSR count). The molecule has 0 aliphatic carbocycles. The van der Waals surface area contributed by atoms with E-state index in [4.69, 9.17) is 0 Å². The van der Waals surface area contributed by atoms with Gasteiger partial charge in [-0.2, -0.15) is 0 Å². The summed E-state index contributed by atoms with van der Waals surface area (Å²) in [5, 5.41) is 5.80. The summed E-state index contributed by atoms with van der Waals surface area (Å²) >= 11 is 0. The van der Waals surface area contributed by atoms with Crippen LogP contribution in [0.15, 0.2) is 42.5 Å². The van der Waals surface area contributed by atoms with Crippen molar-refractivity contribution in [3.63, 3.8) is 0 Å². The molecule has 3 amide bonds. The second-order valence-corrected chi connectivity index (χ2v) is 7.75. The van der Waals surface area contributed by atoms with Crippen molar-refractivity contribution >= 4 is 29.0 Å². The van der Waals surface area contributed by atoms with Gasteiger partial charge in [0, 0.05) is 55.6 Å². The highest BCUT2D eigenvalue weighted by atomic mass is 16.2. The molecule has 2 aromatic carbocycles. The lowest BCUT2D eigenvalue weighted by atomic mass is 9.84. The van der Waals surface area contributed by atoms with Crippen molar-refractivity contribution in [3.8, 4) is 0 Å². The number of carbonyl (C=O) groups excluding carboxylic acids is 2. The van der Waals surface area contributed by atoms with E-state index in [1.807, 2.05) is 12.1 Å². The zero-order chi connectivity index (χ0) is 19.1. The molecule has 2 fully saturated rings. The molecule has 0 bridgehead atoms. The minimum absolute atomic E-state index is 0.0177. The third-order valence-electron chi connectivity index (χ3n) is 6.01. The number of hydrogen-bond donors (Lipinski definition) is 2. The predicted octanol–water partition coefficient (Wildman–Crippen LogP) is 3.29. The van der Waals surface area contributed by atoms with Gasteiger partial charge in [-0.05, 0) is 48.2 Å². The second kappa shape index (κ2) is 6.86. The Labute approximate surface area is 164 Å². The van der Waals surface area contributed by atoms with Crippen molar-refractivity contribution < 1.29 is 9.59 Å². The Bertz CT molecular complexity index is 919. The molecule has 0 spiro atoms. The van der Waals surface area contributed by atoms with Crippen molar-refractivity contribution in [2.45, 2.75) is 25.2 Å². The summed E-state index contributed by atoms with van der Waals surface area (Å²) in [6, 6.07) is 14.5. The zero-order valence-electron chi connectivity index (χ0n) is 15.8. The number of nitrogens with zero attached hydrogens (tertiary/aromatic N) is 2. The predicted molar refractivity (Wildman–Crippen MR) is 110 cm³/mol. The Morgan fingerprint density at radius 2 is 1.64 bits per heavy atom. The summed E-state index contributed by atoms with van der Waals surface area (Å²) in [6.45, 7) is 3.54. The first-order valence-corrected chi connectivity index (χ1v) is 10.0. The lowest BCUT2D eigenvalue weighted by molar-refractivity contribution is -0.116. The third kappa shape index (κ3) is 2.99. The molecule has 2 N–H and O–H groups in total. The number of fused-ring (bicyclic) bond motifs is 1. The van der Waals surface area contributed by atoms with Gasteiger partial charge in [0.15, 0.2) is 0 Å². The number of amides is 3. The molecule has 2 saturated heterocycles. The largest absolute Gasteiger partial charge is 0.372 e. The van der Waals surface area contributed by atoms with E-state index < -0.39 is 0 Å². The minimum Gasteiger partial charge on any atom is -0.372 e. The van der Waals surface area contributed by atoms with Gasteiger partial charge >= 0.3 is 6.03 Å². The van der Waals surface area contributed by atoms with Crippen molar-refractivity contribution in [1.82, 2.24) is 5.32 Å². The standard InChI is InChI=1S/C22H24N4O2/c27-21-14-19(15-3-5-16(6-4-15)25-10-1-2-11-25)18-8-7-17(13-20(18)24-21)26-12-9-23-22(26)28/h3-8,13,19H,1-2,9-12,14H2,(H,23,28)(H,24,27). The fourth-order valence-electron chi connectivity index (χ4n) is 4.53. The van der Waals surface area contributed by atoms with Crippen LogP contribution in [-0.2, 0) is 4.79 Å². The monoisotopic (exact) mass is 376 g/mol. The van der Waals surface area contributed by atoms with Crippen LogP contribution in [0.25, 0.3) is 0 Å². The van der Waals surface area contributed by atoms with Crippen molar-refractivity contribution in [2.75, 3.05) is 41.3 Å². The lowest BCUT2D eigenvalue weighted by Gasteiger charge is -2.28. The highest BCUT2D eigenvalue weighted by Crippen LogP contribution is 2.39. The smallest absolute Gasteiger partial charge is 0.321 e. The van der Waals surface area contributed by atoms with Crippen LogP contribution in [0.3, 0.4) is 0 Å². The SMILES string of the molecule is O=C1CC(c2ccc(N3CCCC3)cc2)c2ccc(N3CCNC3=O)cc2N1. The Hall–Kier alpha value is -3.02. The highest BCUT2D eigenvalue weighted by molar-refractivity contribution is 5.98. The van der Waals surface area contributed by atoms with Crippen molar-refractivity contribution in [2.24, 2.45) is 0 Å². The molecule has 0 radical (unpaired) electrons. The maximum Gasteiger partial charge on any atom is 0.321 e. The number of rotatable bonds is 3. The van der Waals surface area contributed by atoms with Crippen LogP contribution in [-0.4, -0.2) is 38.1 Å². The average Bonchev–Trinajstić information content (AvgIpc) is 3.39. The lowest BCUT2D eigenvalue weighted by Crippen LogP contribution is -2.28. The van der Waals surface area contributed by atoms with E-state index in [0.717, 1.165) is 35.6 Å². The van der Waals surface area contributed by atoms with E-state index in [1.54, 1.807) is 4.90 Å². The topological polar surface area (TPSA) is 64.7 Å². The van der Waals surface area contributed by atoms with Gasteiger partial charge in [0.2, 0.25) is 5.91 Å². The quantitative estimate of drug-likeness (QED) is 0.864. The summed E-state index contributed by atoms with van der Waals surface area (Å²) in [4.78, 5) is 28.5. The van der Waals surface area contributed by atoms with E-state index in [2.05, 4.69) is 45.9 Å². The van der Waals surface area contributed by atoms with Crippen LogP contribution in [0.5, 0.6) is 0 Å². The molecule has 6 heteroatoms. The molecule has 144 valence electrons. The van der Waals surface area contributed by atoms with E-state index in [-0.39, 0.29) is 17.9 Å². The van der Waals surface area contributed by atoms with Gasteiger partial charge in [0.1, 0.15) is 0 Å². The fraction of sp³-hybridized carbons (Fsp3) is 0.364. The summed E-state index contributed by atoms with van der Waals surface area (Å²) in [6.07, 6.45) is 2.96. The highest BCUT2D eigenvalue weighted by Gasteiger charge is 2.29. The van der Waals surface area contributed by atoms with Gasteiger partial charge in [-0.3, -0.25) is 9.69 Å². The van der Waals surface area contributed by atoms with Gasteiger partial charge in [-0.1, -0.05) is 18.2 Å². The first-order chi connectivity index (χ1) is 13.7. The Morgan fingerprint density at radius 3 is 2.36 bits per heavy atom. The summed E-state index contributed by atoms with van der Waals surface area (Å²) in [7, 11) is 0. The van der Waals surface area contributed by atoms with Gasteiger partial charge in [-0.15, -0.1) is 0 Å². The van der Waals surface area contributed by atoms with E-state index in [1.165, 1.54) is 18.5 Å². The third-order valence-corrected chi connectivity index (χ3v) is 6.01. The molecule has 3 heterocycles. The number of benzene rings is 2. The average molecular weight is 376 g/mol. The van der Waals surface area contributed by atoms with Gasteiger partial charge in [0.25, 0.3) is 0 Å². The van der Waals surface area contributed by atoms with Crippen LogP contribution in [0.4, 0.5) is 21.9 Å². The molecular weight excluding hydrogens is 352 g/mol. The molecule has 28 heavy (non-hydrogen) atoms. The van der Waals surface area contributed by atoms with Crippen LogP contribution < -0.4 is 20.4 Å². The summed E-state index contributed by atoms with van der Waals surface area (Å²) in [5.74, 6) is 0.0574. The Morgan fingerprint density at radius 1 is 0.893 bits per heavy atom. The maximum atomic E-state index is 12.4. The van der Waals surface area contributed by atoms with Gasteiger partial charge < -0.3 is 15.5 Å². The van der Waals surface area contributed by atoms with Gasteiger partial charge in [0.05, 0.1) is 0 Å². The fourth-order valence-corrected chi connectivity index (χ4v) is 4.53. The molecular formula is C22H24N4O2. The van der Waals surface area contributed by atoms with E-state index in [0.29, 0.717) is 19.5 Å². The molecule has 1 atom stereocenters. The number of anilines is 3.